The molecule has 2 atom stereocenters. The van der Waals surface area contributed by atoms with Gasteiger partial charge in [-0.05, 0) is 54.0 Å². The molecule has 0 aliphatic carbocycles. The van der Waals surface area contributed by atoms with Crippen LogP contribution in [0.5, 0.6) is 0 Å². The highest BCUT2D eigenvalue weighted by atomic mass is 16.5. The summed E-state index contributed by atoms with van der Waals surface area (Å²) >= 11 is 0. The van der Waals surface area contributed by atoms with Crippen molar-refractivity contribution in [2.75, 3.05) is 19.7 Å². The highest BCUT2D eigenvalue weighted by molar-refractivity contribution is 5.90. The lowest BCUT2D eigenvalue weighted by Crippen LogP contribution is -2.38. The molecule has 138 valence electrons. The van der Waals surface area contributed by atoms with Crippen LogP contribution < -0.4 is 0 Å². The van der Waals surface area contributed by atoms with Crippen molar-refractivity contribution in [1.29, 1.82) is 0 Å². The van der Waals surface area contributed by atoms with Crippen molar-refractivity contribution in [3.63, 3.8) is 0 Å². The zero-order chi connectivity index (χ0) is 18.5. The van der Waals surface area contributed by atoms with Crippen LogP contribution in [0, 0.1) is 11.8 Å². The fourth-order valence-electron chi connectivity index (χ4n) is 4.13. The number of carbonyl (C=O) groups is 1. The average Bonchev–Trinajstić information content (AvgIpc) is 2.62. The first-order valence-electron chi connectivity index (χ1n) is 9.64. The molecule has 1 aliphatic heterocycles. The summed E-state index contributed by atoms with van der Waals surface area (Å²) in [5.74, 6) is 1.19. The van der Waals surface area contributed by atoms with Gasteiger partial charge < -0.3 is 4.74 Å². The number of hydrogen-bond acceptors (Lipinski definition) is 3. The van der Waals surface area contributed by atoms with Gasteiger partial charge in [-0.1, -0.05) is 50.2 Å². The van der Waals surface area contributed by atoms with Crippen LogP contribution in [0.25, 0.3) is 11.1 Å². The van der Waals surface area contributed by atoms with Gasteiger partial charge >= 0.3 is 5.97 Å². The number of carbonyl (C=O) groups excluding carboxylic acids is 1. The van der Waals surface area contributed by atoms with Crippen molar-refractivity contribution in [1.82, 2.24) is 4.90 Å². The van der Waals surface area contributed by atoms with Crippen LogP contribution in [0.15, 0.2) is 48.5 Å². The van der Waals surface area contributed by atoms with Crippen LogP contribution >= 0.6 is 0 Å². The van der Waals surface area contributed by atoms with E-state index >= 15 is 0 Å². The van der Waals surface area contributed by atoms with Gasteiger partial charge in [0.1, 0.15) is 0 Å². The minimum absolute atomic E-state index is 0.242. The summed E-state index contributed by atoms with van der Waals surface area (Å²) in [7, 11) is 0. The second-order valence-electron chi connectivity index (χ2n) is 7.60. The molecule has 0 bridgehead atoms. The van der Waals surface area contributed by atoms with Crippen LogP contribution in [0.2, 0.25) is 0 Å². The molecule has 0 saturated carbocycles. The first-order valence-corrected chi connectivity index (χ1v) is 9.64. The van der Waals surface area contributed by atoms with Crippen LogP contribution in [0.4, 0.5) is 0 Å². The van der Waals surface area contributed by atoms with Crippen molar-refractivity contribution < 1.29 is 9.53 Å². The van der Waals surface area contributed by atoms with Crippen LogP contribution in [-0.2, 0) is 11.3 Å². The van der Waals surface area contributed by atoms with Gasteiger partial charge in [0.2, 0.25) is 0 Å². The summed E-state index contributed by atoms with van der Waals surface area (Å²) in [4.78, 5) is 14.7. The Morgan fingerprint density at radius 3 is 2.42 bits per heavy atom. The Morgan fingerprint density at radius 1 is 1.08 bits per heavy atom. The van der Waals surface area contributed by atoms with Crippen LogP contribution in [0.3, 0.4) is 0 Å². The van der Waals surface area contributed by atoms with E-state index in [1.54, 1.807) is 0 Å². The van der Waals surface area contributed by atoms with E-state index in [9.17, 15) is 4.79 Å². The third kappa shape index (κ3) is 4.53. The van der Waals surface area contributed by atoms with E-state index in [4.69, 9.17) is 4.74 Å². The molecule has 1 aliphatic rings. The summed E-state index contributed by atoms with van der Waals surface area (Å²) in [6.07, 6.45) is 1.30. The predicted octanol–water partition coefficient (Wildman–Crippen LogP) is 5.01. The Labute approximate surface area is 157 Å². The number of esters is 1. The summed E-state index contributed by atoms with van der Waals surface area (Å²) in [5, 5.41) is 0. The maximum atomic E-state index is 12.2. The maximum absolute atomic E-state index is 12.2. The number of likely N-dealkylation sites (tertiary alicyclic amines) is 1. The molecule has 0 spiro atoms. The SMILES string of the molecule is CCOC(=O)c1ccc(-c2ccccc2)c(CN2CC(C)CC(C)C2)c1. The van der Waals surface area contributed by atoms with Gasteiger partial charge in [-0.15, -0.1) is 0 Å². The van der Waals surface area contributed by atoms with Crippen molar-refractivity contribution in [2.45, 2.75) is 33.7 Å². The van der Waals surface area contributed by atoms with Crippen LogP contribution in [0.1, 0.15) is 43.1 Å². The normalized spacial score (nSPS) is 20.7. The zero-order valence-electron chi connectivity index (χ0n) is 16.1. The first kappa shape index (κ1) is 18.7. The van der Waals surface area contributed by atoms with Crippen LogP contribution in [-0.4, -0.2) is 30.6 Å². The van der Waals surface area contributed by atoms with Crippen molar-refractivity contribution >= 4 is 5.97 Å². The lowest BCUT2D eigenvalue weighted by Gasteiger charge is -2.35. The number of rotatable bonds is 5. The minimum Gasteiger partial charge on any atom is -0.462 e. The third-order valence-corrected chi connectivity index (χ3v) is 5.04. The fraction of sp³-hybridized carbons (Fsp3) is 0.435. The topological polar surface area (TPSA) is 29.5 Å². The molecule has 0 aromatic heterocycles. The molecule has 0 radical (unpaired) electrons. The Morgan fingerprint density at radius 2 is 1.77 bits per heavy atom. The average molecular weight is 351 g/mol. The van der Waals surface area contributed by atoms with E-state index < -0.39 is 0 Å². The highest BCUT2D eigenvalue weighted by Gasteiger charge is 2.23. The standard InChI is InChI=1S/C23H29NO2/c1-4-26-23(25)20-10-11-22(19-8-6-5-7-9-19)21(13-20)16-24-14-17(2)12-18(3)15-24/h5-11,13,17-18H,4,12,14-16H2,1-3H3. The monoisotopic (exact) mass is 351 g/mol. The largest absolute Gasteiger partial charge is 0.462 e. The van der Waals surface area contributed by atoms with E-state index in [2.05, 4.69) is 49.1 Å². The Bertz CT molecular complexity index is 731. The van der Waals surface area contributed by atoms with Crippen molar-refractivity contribution in [3.05, 3.63) is 59.7 Å². The molecule has 3 rings (SSSR count). The first-order chi connectivity index (χ1) is 12.6. The Kier molecular flexibility index (Phi) is 6.10. The Balaban J connectivity index is 1.93. The number of benzene rings is 2. The number of piperidine rings is 1. The lowest BCUT2D eigenvalue weighted by atomic mass is 9.90. The summed E-state index contributed by atoms with van der Waals surface area (Å²) in [5.41, 5.74) is 4.23. The second-order valence-corrected chi connectivity index (χ2v) is 7.60. The zero-order valence-corrected chi connectivity index (χ0v) is 16.1. The second kappa shape index (κ2) is 8.50. The molecular weight excluding hydrogens is 322 g/mol. The number of ether oxygens (including phenoxy) is 1. The van der Waals surface area contributed by atoms with Gasteiger partial charge in [-0.25, -0.2) is 4.79 Å². The van der Waals surface area contributed by atoms with Gasteiger partial charge in [0.25, 0.3) is 0 Å². The molecule has 3 heteroatoms. The molecule has 0 N–H and O–H groups in total. The quantitative estimate of drug-likeness (QED) is 0.709. The molecule has 1 saturated heterocycles. The number of hydrogen-bond donors (Lipinski definition) is 0. The summed E-state index contributed by atoms with van der Waals surface area (Å²) in [6.45, 7) is 9.99. The maximum Gasteiger partial charge on any atom is 0.338 e. The summed E-state index contributed by atoms with van der Waals surface area (Å²) < 4.78 is 5.20. The molecule has 2 unspecified atom stereocenters. The lowest BCUT2D eigenvalue weighted by molar-refractivity contribution is 0.0526. The van der Waals surface area contributed by atoms with Crippen molar-refractivity contribution in [3.8, 4) is 11.1 Å². The molecular formula is C23H29NO2. The number of nitrogens with zero attached hydrogens (tertiary/aromatic N) is 1. The van der Waals surface area contributed by atoms with Gasteiger partial charge in [-0.3, -0.25) is 4.90 Å². The molecule has 2 aromatic rings. The van der Waals surface area contributed by atoms with E-state index in [1.807, 2.05) is 25.1 Å². The fourth-order valence-corrected chi connectivity index (χ4v) is 4.13. The van der Waals surface area contributed by atoms with E-state index in [-0.39, 0.29) is 5.97 Å². The molecule has 1 fully saturated rings. The van der Waals surface area contributed by atoms with E-state index in [1.165, 1.54) is 23.1 Å². The molecule has 2 aromatic carbocycles. The van der Waals surface area contributed by atoms with Crippen molar-refractivity contribution in [2.24, 2.45) is 11.8 Å². The Hall–Kier alpha value is -2.13. The third-order valence-electron chi connectivity index (χ3n) is 5.04. The summed E-state index contributed by atoms with van der Waals surface area (Å²) in [6, 6.07) is 16.4. The van der Waals surface area contributed by atoms with Gasteiger partial charge in [0.05, 0.1) is 12.2 Å². The molecule has 1 heterocycles. The smallest absolute Gasteiger partial charge is 0.338 e. The van der Waals surface area contributed by atoms with E-state index in [0.29, 0.717) is 24.0 Å². The molecule has 26 heavy (non-hydrogen) atoms. The highest BCUT2D eigenvalue weighted by Crippen LogP contribution is 2.29. The van der Waals surface area contributed by atoms with Gasteiger partial charge in [0, 0.05) is 19.6 Å². The predicted molar refractivity (Wildman–Crippen MR) is 106 cm³/mol. The van der Waals surface area contributed by atoms with E-state index in [0.717, 1.165) is 19.6 Å². The van der Waals surface area contributed by atoms with Gasteiger partial charge in [0.15, 0.2) is 0 Å². The molecule has 0 amide bonds. The molecule has 3 nitrogen and oxygen atoms in total. The minimum atomic E-state index is -0.242. The van der Waals surface area contributed by atoms with Gasteiger partial charge in [-0.2, -0.15) is 0 Å².